The highest BCUT2D eigenvalue weighted by Gasteiger charge is 2.64. The second-order valence-electron chi connectivity index (χ2n) is 8.74. The highest BCUT2D eigenvalue weighted by atomic mass is 35.5. The quantitative estimate of drug-likeness (QED) is 0.413. The third kappa shape index (κ3) is 3.84. The number of carbonyl (C=O) groups is 3. The third-order valence-corrected chi connectivity index (χ3v) is 7.49. The summed E-state index contributed by atoms with van der Waals surface area (Å²) in [5.41, 5.74) is 0.795. The molecule has 1 saturated heterocycles. The van der Waals surface area contributed by atoms with Gasteiger partial charge in [-0.2, -0.15) is 0 Å². The van der Waals surface area contributed by atoms with Crippen LogP contribution in [-0.2, 0) is 19.7 Å². The van der Waals surface area contributed by atoms with E-state index in [1.807, 2.05) is 6.07 Å². The number of benzene rings is 3. The van der Waals surface area contributed by atoms with Gasteiger partial charge in [-0.05, 0) is 60.0 Å². The van der Waals surface area contributed by atoms with E-state index in [2.05, 4.69) is 5.32 Å². The molecule has 0 bridgehead atoms. The van der Waals surface area contributed by atoms with Gasteiger partial charge >= 0.3 is 6.09 Å². The minimum atomic E-state index is -1.41. The summed E-state index contributed by atoms with van der Waals surface area (Å²) in [6, 6.07) is 18.2. The molecule has 1 N–H and O–H groups in total. The van der Waals surface area contributed by atoms with Crippen LogP contribution in [0.25, 0.3) is 0 Å². The summed E-state index contributed by atoms with van der Waals surface area (Å²) in [7, 11) is 0. The Morgan fingerprint density at radius 3 is 2.28 bits per heavy atom. The number of rotatable bonds is 3. The minimum Gasteiger partial charge on any atom is -0.449 e. The first-order valence-electron chi connectivity index (χ1n) is 11.4. The number of piperidine rings is 1. The Labute approximate surface area is 223 Å². The normalized spacial score (nSPS) is 22.9. The number of amides is 3. The Bertz CT molecular complexity index is 1340. The Balaban J connectivity index is 1.84. The minimum absolute atomic E-state index is 0.00186. The molecular weight excluding hydrogens is 523 g/mol. The maximum Gasteiger partial charge on any atom is 0.421 e. The summed E-state index contributed by atoms with van der Waals surface area (Å²) in [6.07, 6.45) is -0.809. The molecule has 5 rings (SSSR count). The maximum atomic E-state index is 14.6. The predicted molar refractivity (Wildman–Crippen MR) is 139 cm³/mol. The van der Waals surface area contributed by atoms with Crippen molar-refractivity contribution in [3.8, 4) is 0 Å². The lowest BCUT2D eigenvalue weighted by Crippen LogP contribution is -2.58. The summed E-state index contributed by atoms with van der Waals surface area (Å²) < 4.78 is 5.26. The summed E-state index contributed by atoms with van der Waals surface area (Å²) in [5, 5.41) is 4.29. The summed E-state index contributed by atoms with van der Waals surface area (Å²) in [5.74, 6) is -1.41. The summed E-state index contributed by atoms with van der Waals surface area (Å²) in [6.45, 7) is 1.75. The SMILES string of the molecule is CCOC(=O)N1C(=O)[C@]2(c3ccc(Cl)cc31)[C@@H](c1cccc(Cl)c1)NC(=O)C[C@H]2c1cccc(Cl)c1. The van der Waals surface area contributed by atoms with Gasteiger partial charge in [0.15, 0.2) is 0 Å². The molecule has 2 aliphatic heterocycles. The number of hydrogen-bond acceptors (Lipinski definition) is 4. The van der Waals surface area contributed by atoms with Crippen LogP contribution in [-0.4, -0.2) is 24.5 Å². The molecule has 2 heterocycles. The van der Waals surface area contributed by atoms with E-state index in [4.69, 9.17) is 39.5 Å². The Morgan fingerprint density at radius 1 is 0.972 bits per heavy atom. The molecule has 0 aliphatic carbocycles. The van der Waals surface area contributed by atoms with Crippen molar-refractivity contribution in [1.29, 1.82) is 0 Å². The zero-order valence-corrected chi connectivity index (χ0v) is 21.4. The lowest BCUT2D eigenvalue weighted by Gasteiger charge is -2.46. The van der Waals surface area contributed by atoms with Crippen LogP contribution in [0.15, 0.2) is 66.7 Å². The fourth-order valence-corrected chi connectivity index (χ4v) is 6.02. The molecule has 3 atom stereocenters. The monoisotopic (exact) mass is 542 g/mol. The van der Waals surface area contributed by atoms with Crippen LogP contribution in [0, 0.1) is 0 Å². The Morgan fingerprint density at radius 2 is 1.61 bits per heavy atom. The van der Waals surface area contributed by atoms with Crippen molar-refractivity contribution in [3.05, 3.63) is 98.5 Å². The second-order valence-corrected chi connectivity index (χ2v) is 10.0. The largest absolute Gasteiger partial charge is 0.449 e. The van der Waals surface area contributed by atoms with Crippen molar-refractivity contribution in [2.45, 2.75) is 30.7 Å². The number of nitrogens with zero attached hydrogens (tertiary/aromatic N) is 1. The lowest BCUT2D eigenvalue weighted by molar-refractivity contribution is -0.132. The highest BCUT2D eigenvalue weighted by Crippen LogP contribution is 2.59. The first-order chi connectivity index (χ1) is 17.3. The second kappa shape index (κ2) is 9.43. The lowest BCUT2D eigenvalue weighted by atomic mass is 9.59. The molecule has 9 heteroatoms. The molecule has 1 spiro atoms. The van der Waals surface area contributed by atoms with Gasteiger partial charge in [0.1, 0.15) is 5.41 Å². The fraction of sp³-hybridized carbons (Fsp3) is 0.222. The molecule has 1 fully saturated rings. The number of halogens is 3. The third-order valence-electron chi connectivity index (χ3n) is 6.79. The van der Waals surface area contributed by atoms with Crippen molar-refractivity contribution in [1.82, 2.24) is 5.32 Å². The van der Waals surface area contributed by atoms with Gasteiger partial charge in [0.2, 0.25) is 11.8 Å². The van der Waals surface area contributed by atoms with E-state index in [1.54, 1.807) is 67.6 Å². The average molecular weight is 544 g/mol. The predicted octanol–water partition coefficient (Wildman–Crippen LogP) is 6.43. The van der Waals surface area contributed by atoms with Crippen LogP contribution in [0.1, 0.15) is 42.0 Å². The number of imide groups is 1. The molecule has 0 radical (unpaired) electrons. The van der Waals surface area contributed by atoms with E-state index in [0.717, 1.165) is 4.90 Å². The number of fused-ring (bicyclic) bond motifs is 2. The fourth-order valence-electron chi connectivity index (χ4n) is 5.45. The van der Waals surface area contributed by atoms with E-state index in [9.17, 15) is 14.4 Å². The van der Waals surface area contributed by atoms with Gasteiger partial charge in [-0.3, -0.25) is 9.59 Å². The van der Waals surface area contributed by atoms with Gasteiger partial charge < -0.3 is 10.1 Å². The summed E-state index contributed by atoms with van der Waals surface area (Å²) >= 11 is 19.0. The van der Waals surface area contributed by atoms with E-state index < -0.39 is 29.4 Å². The zero-order chi connectivity index (χ0) is 25.6. The van der Waals surface area contributed by atoms with Gasteiger partial charge in [0.05, 0.1) is 18.3 Å². The zero-order valence-electron chi connectivity index (χ0n) is 19.1. The van der Waals surface area contributed by atoms with Crippen LogP contribution in [0.4, 0.5) is 10.5 Å². The highest BCUT2D eigenvalue weighted by molar-refractivity contribution is 6.32. The van der Waals surface area contributed by atoms with Crippen molar-refractivity contribution >= 4 is 58.4 Å². The van der Waals surface area contributed by atoms with Gasteiger partial charge in [0, 0.05) is 27.4 Å². The maximum absolute atomic E-state index is 14.6. The van der Waals surface area contributed by atoms with Gasteiger partial charge in [-0.25, -0.2) is 9.69 Å². The van der Waals surface area contributed by atoms with Crippen LogP contribution < -0.4 is 10.2 Å². The number of nitrogens with one attached hydrogen (secondary N) is 1. The molecule has 3 amide bonds. The van der Waals surface area contributed by atoms with Crippen LogP contribution >= 0.6 is 34.8 Å². The van der Waals surface area contributed by atoms with E-state index >= 15 is 0 Å². The van der Waals surface area contributed by atoms with Gasteiger partial charge in [-0.1, -0.05) is 65.1 Å². The van der Waals surface area contributed by atoms with E-state index in [0.29, 0.717) is 37.4 Å². The van der Waals surface area contributed by atoms with Gasteiger partial charge in [0.25, 0.3) is 0 Å². The standard InChI is InChI=1S/C27H21Cl3N2O4/c1-2-36-26(35)32-22-13-19(30)9-10-20(22)27(25(32)34)21(15-5-3-7-17(28)11-15)14-23(33)31-24(27)16-6-4-8-18(29)12-16/h3-13,21,24H,2,14H2,1H3,(H,31,33)/t21-,24+,27-/m0/s1. The molecule has 0 aromatic heterocycles. The van der Waals surface area contributed by atoms with Crippen molar-refractivity contribution in [2.75, 3.05) is 11.5 Å². The van der Waals surface area contributed by atoms with E-state index in [1.165, 1.54) is 0 Å². The first-order valence-corrected chi connectivity index (χ1v) is 12.5. The number of anilines is 1. The molecule has 0 saturated carbocycles. The number of carbonyl (C=O) groups excluding carboxylic acids is 3. The van der Waals surface area contributed by atoms with Crippen molar-refractivity contribution < 1.29 is 19.1 Å². The smallest absolute Gasteiger partial charge is 0.421 e. The Kier molecular flexibility index (Phi) is 6.45. The van der Waals surface area contributed by atoms with Crippen LogP contribution in [0.3, 0.4) is 0 Å². The van der Waals surface area contributed by atoms with Gasteiger partial charge in [-0.15, -0.1) is 0 Å². The van der Waals surface area contributed by atoms with Crippen molar-refractivity contribution in [3.63, 3.8) is 0 Å². The molecule has 3 aromatic rings. The summed E-state index contributed by atoms with van der Waals surface area (Å²) in [4.78, 5) is 41.8. The molecule has 2 aliphatic rings. The Hall–Kier alpha value is -3.06. The number of ether oxygens (including phenoxy) is 1. The molecule has 6 nitrogen and oxygen atoms in total. The average Bonchev–Trinajstić information content (AvgIpc) is 3.08. The molecule has 0 unspecified atom stereocenters. The topological polar surface area (TPSA) is 75.7 Å². The van der Waals surface area contributed by atoms with E-state index in [-0.39, 0.29) is 18.9 Å². The molecular formula is C27H21Cl3N2O4. The molecule has 36 heavy (non-hydrogen) atoms. The molecule has 184 valence electrons. The van der Waals surface area contributed by atoms with Crippen LogP contribution in [0.5, 0.6) is 0 Å². The number of hydrogen-bond donors (Lipinski definition) is 1. The first kappa shape index (κ1) is 24.6. The van der Waals surface area contributed by atoms with Crippen LogP contribution in [0.2, 0.25) is 15.1 Å². The molecule has 3 aromatic carbocycles. The van der Waals surface area contributed by atoms with Crippen molar-refractivity contribution in [2.24, 2.45) is 0 Å².